The molecule has 0 heterocycles. The first-order valence-corrected chi connectivity index (χ1v) is 3.78. The van der Waals surface area contributed by atoms with E-state index in [1.807, 2.05) is 30.3 Å². The van der Waals surface area contributed by atoms with Crippen LogP contribution in [-0.4, -0.2) is 25.7 Å². The predicted molar refractivity (Wildman–Crippen MR) is 47.9 cm³/mol. The van der Waals surface area contributed by atoms with Crippen molar-refractivity contribution >= 4 is 5.69 Å². The van der Waals surface area contributed by atoms with Gasteiger partial charge in [0.05, 0.1) is 0 Å². The van der Waals surface area contributed by atoms with Gasteiger partial charge in [-0.3, -0.25) is 0 Å². The molecule has 1 aromatic carbocycles. The van der Waals surface area contributed by atoms with Crippen LogP contribution >= 0.6 is 0 Å². The zero-order valence-corrected chi connectivity index (χ0v) is 7.10. The molecule has 0 bridgehead atoms. The molecule has 3 nitrogen and oxygen atoms in total. The normalized spacial score (nSPS) is 9.83. The Kier molecular flexibility index (Phi) is 3.57. The minimum Gasteiger partial charge on any atom is -0.376 e. The SMILES string of the molecule is COCN(CO)c1ccccc1. The second kappa shape index (κ2) is 4.74. The molecule has 3 heteroatoms. The molecule has 1 aromatic rings. The van der Waals surface area contributed by atoms with Crippen LogP contribution in [0.2, 0.25) is 0 Å². The zero-order chi connectivity index (χ0) is 8.81. The van der Waals surface area contributed by atoms with Gasteiger partial charge in [0.1, 0.15) is 13.5 Å². The molecule has 0 saturated heterocycles. The predicted octanol–water partition coefficient (Wildman–Crippen LogP) is 1.05. The molecule has 0 spiro atoms. The number of hydrogen-bond acceptors (Lipinski definition) is 3. The molecular weight excluding hydrogens is 154 g/mol. The number of para-hydroxylation sites is 1. The molecule has 0 atom stereocenters. The van der Waals surface area contributed by atoms with E-state index in [1.54, 1.807) is 12.0 Å². The number of nitrogens with zero attached hydrogens (tertiary/aromatic N) is 1. The maximum Gasteiger partial charge on any atom is 0.120 e. The summed E-state index contributed by atoms with van der Waals surface area (Å²) in [5.41, 5.74) is 0.960. The first-order chi connectivity index (χ1) is 5.88. The van der Waals surface area contributed by atoms with Crippen LogP contribution in [0, 0.1) is 0 Å². The highest BCUT2D eigenvalue weighted by Crippen LogP contribution is 2.11. The Morgan fingerprint density at radius 3 is 2.50 bits per heavy atom. The number of benzene rings is 1. The number of methoxy groups -OCH3 is 1. The number of aliphatic hydroxyl groups excluding tert-OH is 1. The van der Waals surface area contributed by atoms with Gasteiger partial charge in [0.15, 0.2) is 0 Å². The number of hydrogen-bond donors (Lipinski definition) is 1. The molecule has 0 aromatic heterocycles. The van der Waals surface area contributed by atoms with Crippen LogP contribution in [0.4, 0.5) is 5.69 Å². The van der Waals surface area contributed by atoms with Crippen LogP contribution < -0.4 is 4.90 Å². The molecule has 12 heavy (non-hydrogen) atoms. The Bertz CT molecular complexity index is 213. The minimum absolute atomic E-state index is 0.0299. The fraction of sp³-hybridized carbons (Fsp3) is 0.333. The van der Waals surface area contributed by atoms with E-state index in [2.05, 4.69) is 0 Å². The molecule has 1 rings (SSSR count). The van der Waals surface area contributed by atoms with Gasteiger partial charge in [-0.25, -0.2) is 0 Å². The Balaban J connectivity index is 2.66. The summed E-state index contributed by atoms with van der Waals surface area (Å²) in [4.78, 5) is 1.72. The average Bonchev–Trinajstić information content (AvgIpc) is 2.15. The summed E-state index contributed by atoms with van der Waals surface area (Å²) in [7, 11) is 1.60. The number of ether oxygens (including phenoxy) is 1. The number of rotatable bonds is 4. The lowest BCUT2D eigenvalue weighted by molar-refractivity contribution is 0.168. The maximum absolute atomic E-state index is 8.96. The van der Waals surface area contributed by atoms with E-state index in [0.29, 0.717) is 6.73 Å². The van der Waals surface area contributed by atoms with E-state index in [4.69, 9.17) is 9.84 Å². The number of aliphatic hydroxyl groups is 1. The molecular formula is C9H13NO2. The van der Waals surface area contributed by atoms with Crippen LogP contribution in [0.5, 0.6) is 0 Å². The van der Waals surface area contributed by atoms with Crippen molar-refractivity contribution in [3.63, 3.8) is 0 Å². The van der Waals surface area contributed by atoms with Crippen molar-refractivity contribution in [1.29, 1.82) is 0 Å². The average molecular weight is 167 g/mol. The lowest BCUT2D eigenvalue weighted by atomic mass is 10.3. The van der Waals surface area contributed by atoms with Crippen LogP contribution in [0.3, 0.4) is 0 Å². The van der Waals surface area contributed by atoms with Gasteiger partial charge < -0.3 is 14.7 Å². The van der Waals surface area contributed by atoms with Gasteiger partial charge in [0, 0.05) is 12.8 Å². The van der Waals surface area contributed by atoms with Crippen molar-refractivity contribution in [3.05, 3.63) is 30.3 Å². The second-order valence-electron chi connectivity index (χ2n) is 2.43. The summed E-state index contributed by atoms with van der Waals surface area (Å²) in [5.74, 6) is 0. The fourth-order valence-electron chi connectivity index (χ4n) is 0.992. The van der Waals surface area contributed by atoms with Gasteiger partial charge in [0.25, 0.3) is 0 Å². The fourth-order valence-corrected chi connectivity index (χ4v) is 0.992. The van der Waals surface area contributed by atoms with Gasteiger partial charge in [0.2, 0.25) is 0 Å². The third-order valence-corrected chi connectivity index (χ3v) is 1.58. The largest absolute Gasteiger partial charge is 0.376 e. The first kappa shape index (κ1) is 9.03. The third kappa shape index (κ3) is 2.22. The van der Waals surface area contributed by atoms with E-state index >= 15 is 0 Å². The van der Waals surface area contributed by atoms with Crippen LogP contribution in [0.25, 0.3) is 0 Å². The summed E-state index contributed by atoms with van der Waals surface area (Å²) in [6.07, 6.45) is 0. The molecule has 0 fully saturated rings. The second-order valence-corrected chi connectivity index (χ2v) is 2.43. The maximum atomic E-state index is 8.96. The van der Waals surface area contributed by atoms with Crippen LogP contribution in [0.1, 0.15) is 0 Å². The highest BCUT2D eigenvalue weighted by molar-refractivity contribution is 5.44. The molecule has 0 aliphatic rings. The summed E-state index contributed by atoms with van der Waals surface area (Å²) < 4.78 is 4.92. The minimum atomic E-state index is -0.0299. The zero-order valence-electron chi connectivity index (χ0n) is 7.10. The van der Waals surface area contributed by atoms with E-state index in [0.717, 1.165) is 5.69 Å². The third-order valence-electron chi connectivity index (χ3n) is 1.58. The Labute approximate surface area is 72.2 Å². The van der Waals surface area contributed by atoms with Crippen molar-refractivity contribution in [1.82, 2.24) is 0 Å². The smallest absolute Gasteiger partial charge is 0.120 e. The van der Waals surface area contributed by atoms with E-state index in [1.165, 1.54) is 0 Å². The van der Waals surface area contributed by atoms with Crippen LogP contribution in [0.15, 0.2) is 30.3 Å². The van der Waals surface area contributed by atoms with Crippen molar-refractivity contribution in [2.45, 2.75) is 0 Å². The van der Waals surface area contributed by atoms with Crippen molar-refractivity contribution in [2.24, 2.45) is 0 Å². The van der Waals surface area contributed by atoms with Gasteiger partial charge >= 0.3 is 0 Å². The van der Waals surface area contributed by atoms with E-state index in [9.17, 15) is 0 Å². The molecule has 0 saturated carbocycles. The van der Waals surface area contributed by atoms with Gasteiger partial charge in [-0.2, -0.15) is 0 Å². The van der Waals surface area contributed by atoms with E-state index < -0.39 is 0 Å². The molecule has 0 aliphatic heterocycles. The summed E-state index contributed by atoms with van der Waals surface area (Å²) >= 11 is 0. The van der Waals surface area contributed by atoms with Crippen molar-refractivity contribution in [2.75, 3.05) is 25.5 Å². The molecule has 0 aliphatic carbocycles. The summed E-state index contributed by atoms with van der Waals surface area (Å²) in [6.45, 7) is 0.373. The van der Waals surface area contributed by atoms with Gasteiger partial charge in [-0.05, 0) is 12.1 Å². The quantitative estimate of drug-likeness (QED) is 0.680. The highest BCUT2D eigenvalue weighted by atomic mass is 16.5. The number of anilines is 1. The molecule has 1 N–H and O–H groups in total. The Morgan fingerprint density at radius 1 is 1.33 bits per heavy atom. The van der Waals surface area contributed by atoms with Gasteiger partial charge in [-0.1, -0.05) is 18.2 Å². The van der Waals surface area contributed by atoms with E-state index in [-0.39, 0.29) is 6.73 Å². The molecule has 66 valence electrons. The van der Waals surface area contributed by atoms with Crippen molar-refractivity contribution in [3.8, 4) is 0 Å². The lowest BCUT2D eigenvalue weighted by Gasteiger charge is -2.20. The summed E-state index contributed by atoms with van der Waals surface area (Å²) in [6, 6.07) is 9.64. The Morgan fingerprint density at radius 2 is 2.00 bits per heavy atom. The standard InChI is InChI=1S/C9H13NO2/c1-12-8-10(7-11)9-5-3-2-4-6-9/h2-6,11H,7-8H2,1H3. The summed E-state index contributed by atoms with van der Waals surface area (Å²) in [5, 5.41) is 8.96. The molecule has 0 radical (unpaired) electrons. The molecule has 0 amide bonds. The van der Waals surface area contributed by atoms with Crippen molar-refractivity contribution < 1.29 is 9.84 Å². The Hall–Kier alpha value is -1.06. The lowest BCUT2D eigenvalue weighted by Crippen LogP contribution is -2.26. The van der Waals surface area contributed by atoms with Crippen LogP contribution in [-0.2, 0) is 4.74 Å². The topological polar surface area (TPSA) is 32.7 Å². The monoisotopic (exact) mass is 167 g/mol. The molecule has 0 unspecified atom stereocenters. The first-order valence-electron chi connectivity index (χ1n) is 3.78. The van der Waals surface area contributed by atoms with Gasteiger partial charge in [-0.15, -0.1) is 0 Å². The highest BCUT2D eigenvalue weighted by Gasteiger charge is 2.01.